The molecule has 0 aliphatic carbocycles. The topological polar surface area (TPSA) is 44.8 Å². The number of carbonyl (C=O) groups excluding carboxylic acids is 1. The molecule has 20 heavy (non-hydrogen) atoms. The van der Waals surface area contributed by atoms with E-state index >= 15 is 0 Å². The first-order chi connectivity index (χ1) is 9.44. The summed E-state index contributed by atoms with van der Waals surface area (Å²) in [6, 6.07) is 7.46. The highest BCUT2D eigenvalue weighted by Gasteiger charge is 2.24. The first kappa shape index (κ1) is 14.7. The Morgan fingerprint density at radius 2 is 2.00 bits per heavy atom. The van der Waals surface area contributed by atoms with Gasteiger partial charge in [-0.3, -0.25) is 4.79 Å². The molecule has 1 aromatic carbocycles. The van der Waals surface area contributed by atoms with E-state index in [-0.39, 0.29) is 18.5 Å². The molecule has 2 rings (SSSR count). The molecule has 0 saturated heterocycles. The second kappa shape index (κ2) is 6.13. The van der Waals surface area contributed by atoms with Crippen LogP contribution in [0.25, 0.3) is 0 Å². The summed E-state index contributed by atoms with van der Waals surface area (Å²) >= 11 is 0. The summed E-state index contributed by atoms with van der Waals surface area (Å²) in [6.45, 7) is 1.59. The number of benzene rings is 1. The number of hydrogen-bond acceptors (Lipinski definition) is 4. The van der Waals surface area contributed by atoms with E-state index in [9.17, 15) is 4.79 Å². The first-order valence-corrected chi connectivity index (χ1v) is 6.78. The molecule has 0 bridgehead atoms. The zero-order valence-corrected chi connectivity index (χ0v) is 12.3. The Morgan fingerprint density at radius 3 is 2.70 bits per heavy atom. The minimum absolute atomic E-state index is 0.214. The van der Waals surface area contributed by atoms with Crippen molar-refractivity contribution in [2.75, 3.05) is 40.9 Å². The number of carbonyl (C=O) groups is 1. The van der Waals surface area contributed by atoms with Crippen LogP contribution in [0.4, 0.5) is 0 Å². The van der Waals surface area contributed by atoms with Crippen LogP contribution in [0.1, 0.15) is 6.42 Å². The second-order valence-electron chi connectivity index (χ2n) is 5.94. The fraction of sp³-hybridized carbons (Fsp3) is 0.533. The Balaban J connectivity index is 1.76. The zero-order chi connectivity index (χ0) is 14.6. The fourth-order valence-corrected chi connectivity index (χ4v) is 1.84. The van der Waals surface area contributed by atoms with E-state index in [1.54, 1.807) is 0 Å². The molecular weight excluding hydrogens is 258 g/mol. The maximum Gasteiger partial charge on any atom is 0.309 e. The Hall–Kier alpha value is -1.75. The number of ether oxygens (including phenoxy) is 3. The molecule has 1 aliphatic heterocycles. The Morgan fingerprint density at radius 1 is 1.30 bits per heavy atom. The molecule has 1 atom stereocenters. The lowest BCUT2D eigenvalue weighted by Gasteiger charge is -2.26. The number of likely N-dealkylation sites (N-methyl/N-ethyl adjacent to an activating group) is 1. The van der Waals surface area contributed by atoms with Crippen molar-refractivity contribution in [3.8, 4) is 11.5 Å². The van der Waals surface area contributed by atoms with Crippen molar-refractivity contribution in [2.24, 2.45) is 0 Å². The van der Waals surface area contributed by atoms with Gasteiger partial charge in [0.05, 0.1) is 27.6 Å². The van der Waals surface area contributed by atoms with Crippen LogP contribution in [-0.4, -0.2) is 57.5 Å². The monoisotopic (exact) mass is 280 g/mol. The third kappa shape index (κ3) is 4.42. The molecule has 0 saturated carbocycles. The molecule has 5 nitrogen and oxygen atoms in total. The van der Waals surface area contributed by atoms with E-state index in [1.807, 2.05) is 24.3 Å². The smallest absolute Gasteiger partial charge is 0.309 e. The number of nitrogens with zero attached hydrogens (tertiary/aromatic N) is 1. The van der Waals surface area contributed by atoms with Crippen LogP contribution >= 0.6 is 0 Å². The number of rotatable bonds is 5. The lowest BCUT2D eigenvalue weighted by molar-refractivity contribution is -0.870. The lowest BCUT2D eigenvalue weighted by atomic mass is 10.2. The van der Waals surface area contributed by atoms with Gasteiger partial charge in [-0.1, -0.05) is 12.1 Å². The molecule has 110 valence electrons. The molecular formula is C15H22NO4+. The Bertz CT molecular complexity index is 467. The summed E-state index contributed by atoms with van der Waals surface area (Å²) in [5, 5.41) is 0. The van der Waals surface area contributed by atoms with Crippen molar-refractivity contribution in [1.29, 1.82) is 0 Å². The molecule has 0 amide bonds. The molecule has 0 N–H and O–H groups in total. The third-order valence-corrected chi connectivity index (χ3v) is 2.99. The van der Waals surface area contributed by atoms with Gasteiger partial charge in [0.15, 0.2) is 11.5 Å². The molecule has 0 unspecified atom stereocenters. The van der Waals surface area contributed by atoms with Gasteiger partial charge in [-0.25, -0.2) is 0 Å². The van der Waals surface area contributed by atoms with Gasteiger partial charge >= 0.3 is 5.97 Å². The summed E-state index contributed by atoms with van der Waals surface area (Å²) in [6.07, 6.45) is -0.0626. The molecule has 0 aromatic heterocycles. The summed E-state index contributed by atoms with van der Waals surface area (Å²) in [5.74, 6) is 1.16. The van der Waals surface area contributed by atoms with Gasteiger partial charge in [-0.15, -0.1) is 0 Å². The molecule has 1 aromatic rings. The van der Waals surface area contributed by atoms with Crippen LogP contribution in [0, 0.1) is 0 Å². The van der Waals surface area contributed by atoms with Crippen LogP contribution in [0.3, 0.4) is 0 Å². The standard InChI is InChI=1S/C15H22NO4/c1-16(2,3)8-9-18-15(17)10-12-11-19-13-6-4-5-7-14(13)20-12/h4-7,12H,8-11H2,1-3H3/q+1/t12-/m0/s1. The molecule has 1 aliphatic rings. The second-order valence-corrected chi connectivity index (χ2v) is 5.94. The quantitative estimate of drug-likeness (QED) is 0.605. The van der Waals surface area contributed by atoms with Crippen molar-refractivity contribution in [3.05, 3.63) is 24.3 Å². The normalized spacial score (nSPS) is 17.6. The van der Waals surface area contributed by atoms with Gasteiger partial charge in [0.2, 0.25) is 0 Å². The fourth-order valence-electron chi connectivity index (χ4n) is 1.84. The Labute approximate surface area is 119 Å². The van der Waals surface area contributed by atoms with E-state index in [0.717, 1.165) is 16.8 Å². The van der Waals surface area contributed by atoms with Crippen molar-refractivity contribution < 1.29 is 23.5 Å². The minimum atomic E-state index is -0.276. The molecule has 0 spiro atoms. The van der Waals surface area contributed by atoms with Crippen LogP contribution in [-0.2, 0) is 9.53 Å². The molecule has 0 fully saturated rings. The summed E-state index contributed by atoms with van der Waals surface area (Å²) in [5.41, 5.74) is 0. The Kier molecular flexibility index (Phi) is 4.49. The van der Waals surface area contributed by atoms with E-state index in [0.29, 0.717) is 19.0 Å². The SMILES string of the molecule is C[N+](C)(C)CCOC(=O)C[C@H]1COc2ccccc2O1. The number of para-hydroxylation sites is 2. The van der Waals surface area contributed by atoms with E-state index in [2.05, 4.69) is 21.1 Å². The van der Waals surface area contributed by atoms with Crippen LogP contribution in [0.2, 0.25) is 0 Å². The van der Waals surface area contributed by atoms with Gasteiger partial charge < -0.3 is 18.7 Å². The maximum absolute atomic E-state index is 11.7. The number of quaternary nitrogens is 1. The molecule has 5 heteroatoms. The van der Waals surface area contributed by atoms with Gasteiger partial charge in [-0.05, 0) is 12.1 Å². The van der Waals surface area contributed by atoms with E-state index in [4.69, 9.17) is 14.2 Å². The minimum Gasteiger partial charge on any atom is -0.486 e. The lowest BCUT2D eigenvalue weighted by Crippen LogP contribution is -2.38. The summed E-state index contributed by atoms with van der Waals surface area (Å²) in [4.78, 5) is 11.7. The molecule has 0 radical (unpaired) electrons. The van der Waals surface area contributed by atoms with Gasteiger partial charge in [0.1, 0.15) is 25.9 Å². The summed E-state index contributed by atoms with van der Waals surface area (Å²) < 4.78 is 17.3. The van der Waals surface area contributed by atoms with Crippen molar-refractivity contribution >= 4 is 5.97 Å². The van der Waals surface area contributed by atoms with Gasteiger partial charge in [0.25, 0.3) is 0 Å². The first-order valence-electron chi connectivity index (χ1n) is 6.78. The highest BCUT2D eigenvalue weighted by molar-refractivity contribution is 5.70. The average Bonchev–Trinajstić information content (AvgIpc) is 2.37. The molecule has 1 heterocycles. The van der Waals surface area contributed by atoms with Crippen LogP contribution in [0.15, 0.2) is 24.3 Å². The zero-order valence-electron chi connectivity index (χ0n) is 12.3. The largest absolute Gasteiger partial charge is 0.486 e. The third-order valence-electron chi connectivity index (χ3n) is 2.99. The highest BCUT2D eigenvalue weighted by Crippen LogP contribution is 2.31. The van der Waals surface area contributed by atoms with Gasteiger partial charge in [-0.2, -0.15) is 0 Å². The van der Waals surface area contributed by atoms with Crippen molar-refractivity contribution in [3.63, 3.8) is 0 Å². The van der Waals surface area contributed by atoms with Crippen LogP contribution in [0.5, 0.6) is 11.5 Å². The van der Waals surface area contributed by atoms with Gasteiger partial charge in [0, 0.05) is 0 Å². The van der Waals surface area contributed by atoms with E-state index < -0.39 is 0 Å². The number of hydrogen-bond donors (Lipinski definition) is 0. The van der Waals surface area contributed by atoms with Crippen molar-refractivity contribution in [2.45, 2.75) is 12.5 Å². The van der Waals surface area contributed by atoms with E-state index in [1.165, 1.54) is 0 Å². The van der Waals surface area contributed by atoms with Crippen molar-refractivity contribution in [1.82, 2.24) is 0 Å². The van der Waals surface area contributed by atoms with Crippen LogP contribution < -0.4 is 9.47 Å². The highest BCUT2D eigenvalue weighted by atomic mass is 16.6. The summed E-state index contributed by atoms with van der Waals surface area (Å²) in [7, 11) is 6.18. The maximum atomic E-state index is 11.7. The predicted octanol–water partition coefficient (Wildman–Crippen LogP) is 1.47. The number of fused-ring (bicyclic) bond motifs is 1. The average molecular weight is 280 g/mol. The predicted molar refractivity (Wildman–Crippen MR) is 74.8 cm³/mol. The number of esters is 1.